The van der Waals surface area contributed by atoms with Crippen LogP contribution in [0.5, 0.6) is 0 Å². The number of pyridine rings is 1. The van der Waals surface area contributed by atoms with Gasteiger partial charge in [-0.3, -0.25) is 4.98 Å². The summed E-state index contributed by atoms with van der Waals surface area (Å²) in [5, 5.41) is 2.23. The number of hydrogen-bond acceptors (Lipinski definition) is 2. The van der Waals surface area contributed by atoms with Gasteiger partial charge in [-0.1, -0.05) is 74.5 Å². The molecule has 0 aliphatic heterocycles. The maximum absolute atomic E-state index is 6.46. The largest absolute Gasteiger partial charge is 0.455 e. The van der Waals surface area contributed by atoms with Crippen molar-refractivity contribution < 1.29 is 4.42 Å². The second kappa shape index (κ2) is 8.31. The van der Waals surface area contributed by atoms with Crippen LogP contribution in [-0.4, -0.2) is 4.98 Å². The van der Waals surface area contributed by atoms with Gasteiger partial charge in [0.05, 0.1) is 5.69 Å². The molecule has 2 heterocycles. The van der Waals surface area contributed by atoms with Crippen molar-refractivity contribution in [3.63, 3.8) is 0 Å². The Morgan fingerprint density at radius 2 is 1.32 bits per heavy atom. The molecule has 0 amide bonds. The van der Waals surface area contributed by atoms with Crippen molar-refractivity contribution in [1.82, 2.24) is 4.98 Å². The van der Waals surface area contributed by atoms with Gasteiger partial charge in [-0.05, 0) is 70.6 Å². The molecule has 6 rings (SSSR count). The van der Waals surface area contributed by atoms with E-state index in [0.717, 1.165) is 44.3 Å². The maximum Gasteiger partial charge on any atom is 0.143 e. The van der Waals surface area contributed by atoms with Crippen molar-refractivity contribution in [2.24, 2.45) is 0 Å². The molecule has 0 unspecified atom stereocenters. The summed E-state index contributed by atoms with van der Waals surface area (Å²) < 4.78 is 6.46. The van der Waals surface area contributed by atoms with E-state index in [1.165, 1.54) is 16.7 Å². The molecule has 164 valence electrons. The molecule has 0 N–H and O–H groups in total. The Morgan fingerprint density at radius 1 is 0.618 bits per heavy atom. The fourth-order valence-corrected chi connectivity index (χ4v) is 4.63. The van der Waals surface area contributed by atoms with E-state index >= 15 is 0 Å². The van der Waals surface area contributed by atoms with E-state index in [1.807, 2.05) is 12.3 Å². The first-order valence-electron chi connectivity index (χ1n) is 11.7. The molecule has 34 heavy (non-hydrogen) atoms. The molecule has 0 fully saturated rings. The summed E-state index contributed by atoms with van der Waals surface area (Å²) in [4.78, 5) is 4.66. The molecule has 4 aromatic carbocycles. The van der Waals surface area contributed by atoms with Gasteiger partial charge in [0, 0.05) is 28.1 Å². The van der Waals surface area contributed by atoms with Crippen molar-refractivity contribution in [2.45, 2.75) is 19.8 Å². The Labute approximate surface area is 199 Å². The first-order chi connectivity index (χ1) is 16.7. The minimum absolute atomic E-state index is 0.460. The Balaban J connectivity index is 1.62. The average Bonchev–Trinajstić information content (AvgIpc) is 3.27. The normalized spacial score (nSPS) is 11.5. The number of rotatable bonds is 4. The monoisotopic (exact) mass is 439 g/mol. The van der Waals surface area contributed by atoms with Crippen molar-refractivity contribution in [1.29, 1.82) is 0 Å². The maximum atomic E-state index is 6.46. The van der Waals surface area contributed by atoms with E-state index in [2.05, 4.69) is 116 Å². The molecular weight excluding hydrogens is 414 g/mol. The standard InChI is InChI=1S/C32H25NO/c1-21(2)24-15-16-33-30(20-24)25-13-14-31-28(17-25)29-19-26(22-9-5-3-6-10-22)18-27(32(29)34-31)23-11-7-4-8-12-23/h3-21H,1-2H3. The van der Waals surface area contributed by atoms with Gasteiger partial charge < -0.3 is 4.42 Å². The van der Waals surface area contributed by atoms with Crippen LogP contribution in [0.2, 0.25) is 0 Å². The van der Waals surface area contributed by atoms with Crippen LogP contribution in [0.4, 0.5) is 0 Å². The molecule has 0 radical (unpaired) electrons. The Kier molecular flexibility index (Phi) is 5.00. The molecular formula is C32H25NO. The summed E-state index contributed by atoms with van der Waals surface area (Å²) >= 11 is 0. The van der Waals surface area contributed by atoms with E-state index in [0.29, 0.717) is 5.92 Å². The Bertz CT molecular complexity index is 1610. The molecule has 0 saturated heterocycles. The first-order valence-corrected chi connectivity index (χ1v) is 11.7. The van der Waals surface area contributed by atoms with Gasteiger partial charge in [0.25, 0.3) is 0 Å². The molecule has 2 aromatic heterocycles. The highest BCUT2D eigenvalue weighted by atomic mass is 16.3. The summed E-state index contributed by atoms with van der Waals surface area (Å²) in [5.74, 6) is 0.460. The van der Waals surface area contributed by atoms with Crippen molar-refractivity contribution in [2.75, 3.05) is 0 Å². The lowest BCUT2D eigenvalue weighted by Crippen LogP contribution is -1.90. The van der Waals surface area contributed by atoms with Crippen molar-refractivity contribution >= 4 is 21.9 Å². The number of benzene rings is 4. The fourth-order valence-electron chi connectivity index (χ4n) is 4.63. The van der Waals surface area contributed by atoms with Crippen LogP contribution in [-0.2, 0) is 0 Å². The predicted molar refractivity (Wildman–Crippen MR) is 142 cm³/mol. The topological polar surface area (TPSA) is 26.0 Å². The molecule has 0 aliphatic carbocycles. The lowest BCUT2D eigenvalue weighted by atomic mass is 9.95. The molecule has 6 aromatic rings. The highest BCUT2D eigenvalue weighted by molar-refractivity contribution is 6.12. The lowest BCUT2D eigenvalue weighted by Gasteiger charge is -2.08. The third-order valence-corrected chi connectivity index (χ3v) is 6.51. The van der Waals surface area contributed by atoms with Gasteiger partial charge in [0.1, 0.15) is 11.2 Å². The molecule has 0 bridgehead atoms. The van der Waals surface area contributed by atoms with Crippen LogP contribution >= 0.6 is 0 Å². The van der Waals surface area contributed by atoms with Crippen LogP contribution in [0.25, 0.3) is 55.4 Å². The molecule has 0 spiro atoms. The predicted octanol–water partition coefficient (Wildman–Crippen LogP) is 9.11. The number of nitrogens with zero attached hydrogens (tertiary/aromatic N) is 1. The van der Waals surface area contributed by atoms with Crippen molar-refractivity contribution in [3.8, 4) is 33.5 Å². The van der Waals surface area contributed by atoms with Gasteiger partial charge in [-0.2, -0.15) is 0 Å². The molecule has 0 atom stereocenters. The number of hydrogen-bond donors (Lipinski definition) is 0. The highest BCUT2D eigenvalue weighted by Crippen LogP contribution is 2.40. The van der Waals surface area contributed by atoms with Crippen LogP contribution in [0.3, 0.4) is 0 Å². The number of fused-ring (bicyclic) bond motifs is 3. The zero-order valence-corrected chi connectivity index (χ0v) is 19.3. The summed E-state index contributed by atoms with van der Waals surface area (Å²) in [7, 11) is 0. The van der Waals surface area contributed by atoms with E-state index in [-0.39, 0.29) is 0 Å². The average molecular weight is 440 g/mol. The van der Waals surface area contributed by atoms with Gasteiger partial charge in [0.15, 0.2) is 0 Å². The quantitative estimate of drug-likeness (QED) is 0.274. The Morgan fingerprint density at radius 3 is 2.06 bits per heavy atom. The minimum atomic E-state index is 0.460. The van der Waals surface area contributed by atoms with E-state index in [9.17, 15) is 0 Å². The zero-order valence-electron chi connectivity index (χ0n) is 19.3. The molecule has 0 saturated carbocycles. The number of aromatic nitrogens is 1. The third-order valence-electron chi connectivity index (χ3n) is 6.51. The van der Waals surface area contributed by atoms with E-state index in [1.54, 1.807) is 0 Å². The highest BCUT2D eigenvalue weighted by Gasteiger charge is 2.16. The Hall–Kier alpha value is -4.17. The van der Waals surface area contributed by atoms with E-state index < -0.39 is 0 Å². The number of furan rings is 1. The smallest absolute Gasteiger partial charge is 0.143 e. The fraction of sp³-hybridized carbons (Fsp3) is 0.0938. The van der Waals surface area contributed by atoms with Gasteiger partial charge in [-0.15, -0.1) is 0 Å². The third kappa shape index (κ3) is 3.58. The summed E-state index contributed by atoms with van der Waals surface area (Å²) in [6.45, 7) is 4.42. The van der Waals surface area contributed by atoms with Crippen LogP contribution in [0.15, 0.2) is 114 Å². The second-order valence-electron chi connectivity index (χ2n) is 9.07. The van der Waals surface area contributed by atoms with E-state index in [4.69, 9.17) is 4.42 Å². The zero-order chi connectivity index (χ0) is 23.1. The lowest BCUT2D eigenvalue weighted by molar-refractivity contribution is 0.670. The summed E-state index contributed by atoms with van der Waals surface area (Å²) in [6.07, 6.45) is 1.91. The van der Waals surface area contributed by atoms with Crippen LogP contribution < -0.4 is 0 Å². The van der Waals surface area contributed by atoms with Gasteiger partial charge >= 0.3 is 0 Å². The molecule has 2 heteroatoms. The molecule has 2 nitrogen and oxygen atoms in total. The van der Waals surface area contributed by atoms with Crippen LogP contribution in [0.1, 0.15) is 25.3 Å². The van der Waals surface area contributed by atoms with Gasteiger partial charge in [-0.25, -0.2) is 0 Å². The summed E-state index contributed by atoms with van der Waals surface area (Å²) in [6, 6.07) is 36.2. The van der Waals surface area contributed by atoms with Crippen LogP contribution in [0, 0.1) is 0 Å². The summed E-state index contributed by atoms with van der Waals surface area (Å²) in [5.41, 5.74) is 9.82. The molecule has 0 aliphatic rings. The van der Waals surface area contributed by atoms with Gasteiger partial charge in [0.2, 0.25) is 0 Å². The first kappa shape index (κ1) is 20.4. The second-order valence-corrected chi connectivity index (χ2v) is 9.07. The minimum Gasteiger partial charge on any atom is -0.455 e. The van der Waals surface area contributed by atoms with Crippen molar-refractivity contribution in [3.05, 3.63) is 115 Å². The SMILES string of the molecule is CC(C)c1ccnc(-c2ccc3oc4c(-c5ccccc5)cc(-c5ccccc5)cc4c3c2)c1.